The fourth-order valence-electron chi connectivity index (χ4n) is 2.87. The molecule has 8 nitrogen and oxygen atoms in total. The summed E-state index contributed by atoms with van der Waals surface area (Å²) in [5.41, 5.74) is 7.92. The van der Waals surface area contributed by atoms with E-state index < -0.39 is 35.9 Å². The lowest BCUT2D eigenvalue weighted by Crippen LogP contribution is -2.56. The van der Waals surface area contributed by atoms with Gasteiger partial charge >= 0.3 is 5.97 Å². The van der Waals surface area contributed by atoms with Gasteiger partial charge in [0.25, 0.3) is 0 Å². The van der Waals surface area contributed by atoms with E-state index in [4.69, 9.17) is 10.8 Å². The van der Waals surface area contributed by atoms with Gasteiger partial charge in [-0.05, 0) is 24.0 Å². The smallest absolute Gasteiger partial charge is 0.327 e. The molecule has 9 heteroatoms. The number of thiol groups is 1. The minimum atomic E-state index is -1.19. The van der Waals surface area contributed by atoms with Crippen molar-refractivity contribution in [3.8, 4) is 0 Å². The predicted molar refractivity (Wildman–Crippen MR) is 110 cm³/mol. The van der Waals surface area contributed by atoms with Crippen LogP contribution in [0.25, 0.3) is 10.9 Å². The molecule has 2 rings (SSSR count). The van der Waals surface area contributed by atoms with Crippen molar-refractivity contribution in [2.24, 2.45) is 11.7 Å². The maximum Gasteiger partial charge on any atom is 0.327 e. The van der Waals surface area contributed by atoms with E-state index in [0.29, 0.717) is 6.42 Å². The Morgan fingerprint density at radius 2 is 1.86 bits per heavy atom. The summed E-state index contributed by atoms with van der Waals surface area (Å²) < 4.78 is 0. The molecule has 0 aliphatic carbocycles. The van der Waals surface area contributed by atoms with Crippen molar-refractivity contribution >= 4 is 41.3 Å². The second-order valence-corrected chi connectivity index (χ2v) is 7.35. The van der Waals surface area contributed by atoms with Gasteiger partial charge in [0, 0.05) is 22.9 Å². The summed E-state index contributed by atoms with van der Waals surface area (Å²) >= 11 is 3.93. The lowest BCUT2D eigenvalue weighted by atomic mass is 10.0. The number of rotatable bonds is 9. The van der Waals surface area contributed by atoms with Crippen LogP contribution in [0.3, 0.4) is 0 Å². The minimum Gasteiger partial charge on any atom is -0.480 e. The third-order valence-corrected chi connectivity index (χ3v) is 4.86. The number of nitrogens with two attached hydrogens (primary N) is 1. The Hall–Kier alpha value is -2.52. The van der Waals surface area contributed by atoms with Gasteiger partial charge in [0.2, 0.25) is 11.8 Å². The summed E-state index contributed by atoms with van der Waals surface area (Å²) in [6.07, 6.45) is 2.12. The third-order valence-electron chi connectivity index (χ3n) is 4.50. The normalized spacial score (nSPS) is 14.5. The van der Waals surface area contributed by atoms with E-state index >= 15 is 0 Å². The molecule has 152 valence electrons. The van der Waals surface area contributed by atoms with Gasteiger partial charge in [0.05, 0.1) is 6.04 Å². The molecule has 6 N–H and O–H groups in total. The number of carbonyl (C=O) groups is 3. The molecule has 0 saturated heterocycles. The number of nitrogens with one attached hydrogen (secondary N) is 3. The molecule has 0 fully saturated rings. The first kappa shape index (κ1) is 21.8. The minimum absolute atomic E-state index is 0.0556. The van der Waals surface area contributed by atoms with Crippen molar-refractivity contribution in [3.63, 3.8) is 0 Å². The summed E-state index contributed by atoms with van der Waals surface area (Å²) in [4.78, 5) is 39.2. The molecule has 1 aromatic carbocycles. The second-order valence-electron chi connectivity index (χ2n) is 6.98. The second kappa shape index (κ2) is 9.61. The maximum absolute atomic E-state index is 12.6. The Labute approximate surface area is 168 Å². The molecule has 2 amide bonds. The molecule has 0 spiro atoms. The third kappa shape index (κ3) is 5.26. The van der Waals surface area contributed by atoms with E-state index in [0.717, 1.165) is 16.5 Å². The average molecular weight is 407 g/mol. The van der Waals surface area contributed by atoms with E-state index in [1.54, 1.807) is 13.8 Å². The largest absolute Gasteiger partial charge is 0.480 e. The van der Waals surface area contributed by atoms with Gasteiger partial charge in [0.15, 0.2) is 0 Å². The quantitative estimate of drug-likeness (QED) is 0.340. The number of hydrogen-bond acceptors (Lipinski definition) is 5. The van der Waals surface area contributed by atoms with Crippen LogP contribution in [0.1, 0.15) is 19.4 Å². The van der Waals surface area contributed by atoms with Gasteiger partial charge in [-0.2, -0.15) is 12.6 Å². The zero-order chi connectivity index (χ0) is 20.8. The molecule has 28 heavy (non-hydrogen) atoms. The van der Waals surface area contributed by atoms with Crippen LogP contribution in [0.4, 0.5) is 0 Å². The Kier molecular flexibility index (Phi) is 7.47. The molecule has 0 bridgehead atoms. The van der Waals surface area contributed by atoms with Crippen molar-refractivity contribution in [2.45, 2.75) is 38.4 Å². The van der Waals surface area contributed by atoms with Crippen LogP contribution in [-0.4, -0.2) is 51.8 Å². The molecule has 0 aliphatic rings. The van der Waals surface area contributed by atoms with Crippen LogP contribution >= 0.6 is 12.6 Å². The lowest BCUT2D eigenvalue weighted by molar-refractivity contribution is -0.141. The highest BCUT2D eigenvalue weighted by Crippen LogP contribution is 2.18. The Balaban J connectivity index is 2.04. The monoisotopic (exact) mass is 406 g/mol. The van der Waals surface area contributed by atoms with Crippen molar-refractivity contribution in [2.75, 3.05) is 5.75 Å². The number of aromatic nitrogens is 1. The topological polar surface area (TPSA) is 137 Å². The van der Waals surface area contributed by atoms with Crippen molar-refractivity contribution in [1.29, 1.82) is 0 Å². The molecular formula is C19H26N4O4S. The first-order valence-electron chi connectivity index (χ1n) is 8.99. The molecule has 0 radical (unpaired) electrons. The number of aromatic amines is 1. The number of amides is 2. The number of carboxylic acids is 1. The zero-order valence-corrected chi connectivity index (χ0v) is 16.7. The Morgan fingerprint density at radius 3 is 2.46 bits per heavy atom. The van der Waals surface area contributed by atoms with E-state index in [-0.39, 0.29) is 11.7 Å². The molecule has 2 aromatic rings. The predicted octanol–water partition coefficient (Wildman–Crippen LogP) is 0.678. The Bertz CT molecular complexity index is 851. The number of para-hydroxylation sites is 1. The van der Waals surface area contributed by atoms with Crippen LogP contribution in [0.15, 0.2) is 30.5 Å². The molecule has 0 saturated carbocycles. The van der Waals surface area contributed by atoms with Crippen LogP contribution in [-0.2, 0) is 20.8 Å². The highest BCUT2D eigenvalue weighted by atomic mass is 32.1. The summed E-state index contributed by atoms with van der Waals surface area (Å²) in [7, 11) is 0. The fraction of sp³-hybridized carbons (Fsp3) is 0.421. The van der Waals surface area contributed by atoms with Crippen LogP contribution in [0, 0.1) is 5.92 Å². The van der Waals surface area contributed by atoms with Gasteiger partial charge < -0.3 is 26.5 Å². The van der Waals surface area contributed by atoms with Gasteiger partial charge in [-0.25, -0.2) is 4.79 Å². The first-order chi connectivity index (χ1) is 13.2. The standard InChI is InChI=1S/C19H26N4O4S/c1-10(2)16(18(25)22-15(9-28)19(26)27)23-17(24)13(20)7-11-8-21-14-6-4-3-5-12(11)14/h3-6,8,10,13,15-16,21,28H,7,9,20H2,1-2H3,(H,22,25)(H,23,24)(H,26,27)/t13-,15-,16-/m0/s1. The summed E-state index contributed by atoms with van der Waals surface area (Å²) in [5.74, 6) is -2.55. The van der Waals surface area contributed by atoms with E-state index in [1.807, 2.05) is 30.5 Å². The number of H-pyrrole nitrogens is 1. The Morgan fingerprint density at radius 1 is 1.18 bits per heavy atom. The molecular weight excluding hydrogens is 380 g/mol. The van der Waals surface area contributed by atoms with E-state index in [9.17, 15) is 14.4 Å². The number of carboxylic acid groups (broad SMARTS) is 1. The van der Waals surface area contributed by atoms with Gasteiger partial charge in [-0.15, -0.1) is 0 Å². The fourth-order valence-corrected chi connectivity index (χ4v) is 3.12. The summed E-state index contributed by atoms with van der Waals surface area (Å²) in [5, 5.41) is 15.1. The SMILES string of the molecule is CC(C)[C@H](NC(=O)[C@@H](N)Cc1c[nH]c2ccccc12)C(=O)N[C@@H](CS)C(=O)O. The highest BCUT2D eigenvalue weighted by molar-refractivity contribution is 7.80. The number of carbonyl (C=O) groups excluding carboxylic acids is 2. The van der Waals surface area contributed by atoms with E-state index in [1.165, 1.54) is 0 Å². The molecule has 0 unspecified atom stereocenters. The lowest BCUT2D eigenvalue weighted by Gasteiger charge is -2.25. The highest BCUT2D eigenvalue weighted by Gasteiger charge is 2.29. The van der Waals surface area contributed by atoms with Gasteiger partial charge in [-0.3, -0.25) is 9.59 Å². The summed E-state index contributed by atoms with van der Waals surface area (Å²) in [6.45, 7) is 3.51. The van der Waals surface area contributed by atoms with Crippen LogP contribution < -0.4 is 16.4 Å². The van der Waals surface area contributed by atoms with Gasteiger partial charge in [-0.1, -0.05) is 32.0 Å². The van der Waals surface area contributed by atoms with Crippen molar-refractivity contribution in [3.05, 3.63) is 36.0 Å². The van der Waals surface area contributed by atoms with Crippen LogP contribution in [0.2, 0.25) is 0 Å². The van der Waals surface area contributed by atoms with Gasteiger partial charge in [0.1, 0.15) is 12.1 Å². The molecule has 0 aliphatic heterocycles. The van der Waals surface area contributed by atoms with Crippen molar-refractivity contribution in [1.82, 2.24) is 15.6 Å². The van der Waals surface area contributed by atoms with Crippen molar-refractivity contribution < 1.29 is 19.5 Å². The zero-order valence-electron chi connectivity index (χ0n) is 15.8. The number of aliphatic carboxylic acids is 1. The average Bonchev–Trinajstić information content (AvgIpc) is 3.06. The molecule has 1 aromatic heterocycles. The number of benzene rings is 1. The van der Waals surface area contributed by atoms with Crippen LogP contribution in [0.5, 0.6) is 0 Å². The molecule has 3 atom stereocenters. The first-order valence-corrected chi connectivity index (χ1v) is 9.62. The number of fused-ring (bicyclic) bond motifs is 1. The summed E-state index contributed by atoms with van der Waals surface area (Å²) in [6, 6.07) is 4.82. The maximum atomic E-state index is 12.6. The van der Waals surface area contributed by atoms with E-state index in [2.05, 4.69) is 28.2 Å². The molecule has 1 heterocycles. The number of hydrogen-bond donors (Lipinski definition) is 6.